The normalized spacial score (nSPS) is 11.1. The van der Waals surface area contributed by atoms with Gasteiger partial charge in [-0.3, -0.25) is 0 Å². The van der Waals surface area contributed by atoms with Gasteiger partial charge in [-0.1, -0.05) is 30.3 Å². The third kappa shape index (κ3) is 2.20. The van der Waals surface area contributed by atoms with Gasteiger partial charge in [-0.2, -0.15) is 5.26 Å². The molecule has 0 unspecified atom stereocenters. The molecule has 0 fully saturated rings. The summed E-state index contributed by atoms with van der Waals surface area (Å²) in [5.41, 5.74) is 1.21. The van der Waals surface area contributed by atoms with Gasteiger partial charge in [-0.05, 0) is 11.8 Å². The number of hydrogen-bond donors (Lipinski definition) is 0. The van der Waals surface area contributed by atoms with Crippen LogP contribution in [0.4, 0.5) is 0 Å². The van der Waals surface area contributed by atoms with Crippen molar-refractivity contribution in [2.24, 2.45) is 4.76 Å². The van der Waals surface area contributed by atoms with Crippen LogP contribution in [0.25, 0.3) is 0 Å². The number of hydrogen-bond acceptors (Lipinski definition) is 2. The van der Waals surface area contributed by atoms with E-state index in [4.69, 9.17) is 5.26 Å². The molecule has 0 aromatic heterocycles. The van der Waals surface area contributed by atoms with Gasteiger partial charge < -0.3 is 0 Å². The van der Waals surface area contributed by atoms with Gasteiger partial charge in [0.2, 0.25) is 0 Å². The van der Waals surface area contributed by atoms with Gasteiger partial charge in [-0.25, -0.2) is 4.76 Å². The van der Waals surface area contributed by atoms with Crippen LogP contribution in [0, 0.1) is 11.3 Å². The van der Waals surface area contributed by atoms with Crippen molar-refractivity contribution in [1.82, 2.24) is 0 Å². The average molecular weight is 192 g/mol. The van der Waals surface area contributed by atoms with Crippen molar-refractivity contribution in [2.75, 3.05) is 0 Å². The van der Waals surface area contributed by atoms with E-state index >= 15 is 0 Å². The molecule has 0 N–H and O–H groups in total. The summed E-state index contributed by atoms with van der Waals surface area (Å²) in [7, 11) is 0.449. The fourth-order valence-electron chi connectivity index (χ4n) is 0.781. The minimum atomic E-state index is 0.396. The van der Waals surface area contributed by atoms with Gasteiger partial charge in [0.1, 0.15) is 13.6 Å². The van der Waals surface area contributed by atoms with Crippen molar-refractivity contribution in [1.29, 1.82) is 5.26 Å². The Morgan fingerprint density at radius 3 is 2.58 bits per heavy atom. The molecule has 0 amide bonds. The van der Waals surface area contributed by atoms with E-state index in [0.717, 1.165) is 5.56 Å². The Hall–Kier alpha value is -1.10. The fraction of sp³-hybridized carbons (Fsp3) is 0. The van der Waals surface area contributed by atoms with Crippen molar-refractivity contribution < 1.29 is 0 Å². The monoisotopic (exact) mass is 192 g/mol. The van der Waals surface area contributed by atoms with Crippen LogP contribution >= 0.6 is 7.51 Å². The molecule has 58 valence electrons. The molecule has 0 spiro atoms. The van der Waals surface area contributed by atoms with Crippen LogP contribution in [0.3, 0.4) is 0 Å². The molecule has 12 heavy (non-hydrogen) atoms. The van der Waals surface area contributed by atoms with E-state index in [1.54, 1.807) is 0 Å². The molecule has 4 heteroatoms. The van der Waals surface area contributed by atoms with E-state index < -0.39 is 0 Å². The lowest BCUT2D eigenvalue weighted by Gasteiger charge is -1.92. The summed E-state index contributed by atoms with van der Waals surface area (Å²) >= 11 is 4.63. The van der Waals surface area contributed by atoms with Crippen molar-refractivity contribution in [2.45, 2.75) is 0 Å². The number of rotatable bonds is 2. The van der Waals surface area contributed by atoms with Crippen molar-refractivity contribution in [3.63, 3.8) is 0 Å². The first-order chi connectivity index (χ1) is 5.88. The predicted octanol–water partition coefficient (Wildman–Crippen LogP) is 2.32. The number of nitrogens with zero attached hydrogens (tertiary/aromatic N) is 2. The molecule has 0 bridgehead atoms. The highest BCUT2D eigenvalue weighted by molar-refractivity contribution is 7.96. The van der Waals surface area contributed by atoms with Gasteiger partial charge in [0.05, 0.1) is 0 Å². The molecule has 0 saturated heterocycles. The molecule has 1 rings (SSSR count). The third-order valence-corrected chi connectivity index (χ3v) is 1.82. The molecule has 1 aromatic carbocycles. The standard InChI is InChI=1S/C8H5N2PS/c9-6-8(10-11-12)7-4-2-1-3-5-7/h1-5H. The first-order valence-electron chi connectivity index (χ1n) is 3.24. The van der Waals surface area contributed by atoms with Gasteiger partial charge in [0.25, 0.3) is 0 Å². The highest BCUT2D eigenvalue weighted by atomic mass is 32.4. The SMILES string of the molecule is N#CC(=NP=S)c1ccccc1. The summed E-state index contributed by atoms with van der Waals surface area (Å²) in [5, 5.41) is 8.68. The summed E-state index contributed by atoms with van der Waals surface area (Å²) in [6, 6.07) is 11.3. The van der Waals surface area contributed by atoms with Crippen LogP contribution in [0.2, 0.25) is 0 Å². The summed E-state index contributed by atoms with van der Waals surface area (Å²) < 4.78 is 3.86. The van der Waals surface area contributed by atoms with E-state index in [0.29, 0.717) is 13.2 Å². The molecular weight excluding hydrogens is 187 g/mol. The zero-order chi connectivity index (χ0) is 8.81. The lowest BCUT2D eigenvalue weighted by molar-refractivity contribution is 1.53. The summed E-state index contributed by atoms with van der Waals surface area (Å²) in [6.07, 6.45) is 0. The van der Waals surface area contributed by atoms with Crippen LogP contribution in [0.15, 0.2) is 35.1 Å². The number of benzene rings is 1. The van der Waals surface area contributed by atoms with E-state index in [9.17, 15) is 0 Å². The van der Waals surface area contributed by atoms with Gasteiger partial charge >= 0.3 is 0 Å². The zero-order valence-electron chi connectivity index (χ0n) is 6.14. The molecule has 0 aliphatic rings. The van der Waals surface area contributed by atoms with Gasteiger partial charge in [0, 0.05) is 5.56 Å². The largest absolute Gasteiger partial charge is 0.204 e. The highest BCUT2D eigenvalue weighted by Crippen LogP contribution is 2.04. The maximum Gasteiger partial charge on any atom is 0.153 e. The topological polar surface area (TPSA) is 36.1 Å². The third-order valence-electron chi connectivity index (χ3n) is 1.29. The minimum absolute atomic E-state index is 0.396. The summed E-state index contributed by atoms with van der Waals surface area (Å²) in [4.78, 5) is 0. The van der Waals surface area contributed by atoms with Crippen molar-refractivity contribution >= 4 is 25.0 Å². The number of nitriles is 1. The Balaban J connectivity index is 3.06. The minimum Gasteiger partial charge on any atom is -0.204 e. The van der Waals surface area contributed by atoms with E-state index in [-0.39, 0.29) is 0 Å². The van der Waals surface area contributed by atoms with E-state index in [1.165, 1.54) is 0 Å². The first-order valence-corrected chi connectivity index (χ1v) is 5.10. The Morgan fingerprint density at radius 1 is 1.42 bits per heavy atom. The Kier molecular flexibility index (Phi) is 3.53. The Labute approximate surface area is 77.5 Å². The molecule has 2 nitrogen and oxygen atoms in total. The molecule has 0 aliphatic carbocycles. The Morgan fingerprint density at radius 2 is 2.08 bits per heavy atom. The predicted molar refractivity (Wildman–Crippen MR) is 52.9 cm³/mol. The fourth-order valence-corrected chi connectivity index (χ4v) is 1.27. The smallest absolute Gasteiger partial charge is 0.153 e. The van der Waals surface area contributed by atoms with Gasteiger partial charge in [0.15, 0.2) is 5.71 Å². The molecule has 0 heterocycles. The molecule has 0 saturated carbocycles. The van der Waals surface area contributed by atoms with Crippen LogP contribution in [0.1, 0.15) is 5.56 Å². The lowest BCUT2D eigenvalue weighted by Crippen LogP contribution is -1.93. The quantitative estimate of drug-likeness (QED) is 0.532. The zero-order valence-corrected chi connectivity index (χ0v) is 7.85. The second kappa shape index (κ2) is 4.71. The van der Waals surface area contributed by atoms with Crippen molar-refractivity contribution in [3.8, 4) is 6.07 Å². The second-order valence-electron chi connectivity index (χ2n) is 2.01. The van der Waals surface area contributed by atoms with Crippen LogP contribution in [-0.4, -0.2) is 5.71 Å². The van der Waals surface area contributed by atoms with Crippen LogP contribution < -0.4 is 0 Å². The molecular formula is C8H5N2PS. The van der Waals surface area contributed by atoms with E-state index in [2.05, 4.69) is 16.6 Å². The molecule has 1 aromatic rings. The average Bonchev–Trinajstić information content (AvgIpc) is 2.15. The summed E-state index contributed by atoms with van der Waals surface area (Å²) in [6.45, 7) is 0. The maximum atomic E-state index is 8.68. The molecule has 0 atom stereocenters. The van der Waals surface area contributed by atoms with Crippen molar-refractivity contribution in [3.05, 3.63) is 35.9 Å². The highest BCUT2D eigenvalue weighted by Gasteiger charge is 1.98. The molecule has 0 aliphatic heterocycles. The van der Waals surface area contributed by atoms with Crippen LogP contribution in [0.5, 0.6) is 0 Å². The summed E-state index contributed by atoms with van der Waals surface area (Å²) in [5.74, 6) is 0. The second-order valence-corrected chi connectivity index (χ2v) is 2.86. The van der Waals surface area contributed by atoms with Gasteiger partial charge in [-0.15, -0.1) is 0 Å². The molecule has 0 radical (unpaired) electrons. The Bertz CT molecular complexity index is 340. The maximum absolute atomic E-state index is 8.68. The first kappa shape index (κ1) is 8.99. The lowest BCUT2D eigenvalue weighted by atomic mass is 10.1. The van der Waals surface area contributed by atoms with E-state index in [1.807, 2.05) is 36.4 Å². The van der Waals surface area contributed by atoms with Crippen LogP contribution in [-0.2, 0) is 11.8 Å².